The first-order valence-electron chi connectivity index (χ1n) is 7.16. The highest BCUT2D eigenvalue weighted by Gasteiger charge is 2.15. The van der Waals surface area contributed by atoms with Crippen LogP contribution in [0, 0.1) is 0 Å². The zero-order chi connectivity index (χ0) is 16.9. The van der Waals surface area contributed by atoms with Gasteiger partial charge in [-0.1, -0.05) is 60.7 Å². The van der Waals surface area contributed by atoms with Crippen molar-refractivity contribution in [3.63, 3.8) is 0 Å². The van der Waals surface area contributed by atoms with Gasteiger partial charge in [0.15, 0.2) is 0 Å². The number of hydrogen-bond acceptors (Lipinski definition) is 3. The number of methoxy groups -OCH3 is 1. The van der Waals surface area contributed by atoms with Gasteiger partial charge in [-0.05, 0) is 11.1 Å². The van der Waals surface area contributed by atoms with E-state index in [-0.39, 0.29) is 0 Å². The zero-order valence-corrected chi connectivity index (χ0v) is 13.0. The number of aliphatic carboxylic acids is 1. The second-order valence-corrected chi connectivity index (χ2v) is 4.78. The molecule has 23 heavy (non-hydrogen) atoms. The third-order valence-corrected chi connectivity index (χ3v) is 3.00. The highest BCUT2D eigenvalue weighted by molar-refractivity contribution is 5.76. The van der Waals surface area contributed by atoms with Crippen molar-refractivity contribution in [1.29, 1.82) is 0 Å². The van der Waals surface area contributed by atoms with Crippen molar-refractivity contribution in [1.82, 2.24) is 5.32 Å². The topological polar surface area (TPSA) is 75.6 Å². The maximum Gasteiger partial charge on any atom is 0.326 e. The van der Waals surface area contributed by atoms with E-state index in [1.54, 1.807) is 7.11 Å². The number of benzene rings is 2. The summed E-state index contributed by atoms with van der Waals surface area (Å²) in [6.45, 7) is 0.709. The van der Waals surface area contributed by atoms with Crippen LogP contribution in [-0.2, 0) is 27.4 Å². The van der Waals surface area contributed by atoms with Crippen molar-refractivity contribution in [2.24, 2.45) is 0 Å². The molecular formula is C18H21NO4. The number of carbonyl (C=O) groups is 2. The van der Waals surface area contributed by atoms with Crippen LogP contribution in [0.15, 0.2) is 60.7 Å². The Hall–Kier alpha value is -2.66. The summed E-state index contributed by atoms with van der Waals surface area (Å²) < 4.78 is 4.93. The van der Waals surface area contributed by atoms with Crippen LogP contribution < -0.4 is 5.32 Å². The molecule has 0 aromatic heterocycles. The first-order chi connectivity index (χ1) is 11.2. The van der Waals surface area contributed by atoms with Crippen molar-refractivity contribution in [3.05, 3.63) is 71.8 Å². The lowest BCUT2D eigenvalue weighted by Crippen LogP contribution is -2.37. The van der Waals surface area contributed by atoms with E-state index in [0.717, 1.165) is 5.56 Å². The monoisotopic (exact) mass is 315 g/mol. The largest absolute Gasteiger partial charge is 0.480 e. The summed E-state index contributed by atoms with van der Waals surface area (Å²) in [6, 6.07) is 18.4. The fourth-order valence-electron chi connectivity index (χ4n) is 1.89. The molecule has 122 valence electrons. The molecule has 0 saturated heterocycles. The summed E-state index contributed by atoms with van der Waals surface area (Å²) in [7, 11) is 1.70. The predicted octanol–water partition coefficient (Wildman–Crippen LogP) is 2.26. The summed E-state index contributed by atoms with van der Waals surface area (Å²) in [6.07, 6.45) is 0.705. The number of amides is 1. The van der Waals surface area contributed by atoms with Crippen molar-refractivity contribution in [2.45, 2.75) is 19.1 Å². The average Bonchev–Trinajstić information content (AvgIpc) is 2.57. The van der Waals surface area contributed by atoms with Crippen LogP contribution in [0.5, 0.6) is 0 Å². The third-order valence-electron chi connectivity index (χ3n) is 3.00. The van der Waals surface area contributed by atoms with E-state index in [1.807, 2.05) is 60.7 Å². The van der Waals surface area contributed by atoms with Gasteiger partial charge in [-0.15, -0.1) is 0 Å². The normalized spacial score (nSPS) is 10.8. The SMILES string of the molecule is COCc1ccccc1.O=CNC(Cc1ccccc1)C(=O)O. The number of hydrogen-bond donors (Lipinski definition) is 2. The smallest absolute Gasteiger partial charge is 0.326 e. The van der Waals surface area contributed by atoms with Crippen molar-refractivity contribution in [3.8, 4) is 0 Å². The molecule has 1 unspecified atom stereocenters. The van der Waals surface area contributed by atoms with Gasteiger partial charge >= 0.3 is 5.97 Å². The summed E-state index contributed by atoms with van der Waals surface area (Å²) in [5, 5.41) is 11.0. The standard InChI is InChI=1S/C10H11NO3.C8H10O/c12-7-11-9(10(13)14)6-8-4-2-1-3-5-8;1-9-7-8-5-3-2-4-6-8/h1-5,7,9H,6H2,(H,11,12)(H,13,14);2-6H,7H2,1H3. The number of rotatable bonds is 7. The van der Waals surface area contributed by atoms with Gasteiger partial charge in [0.05, 0.1) is 6.61 Å². The summed E-state index contributed by atoms with van der Waals surface area (Å²) >= 11 is 0. The number of carboxylic acid groups (broad SMARTS) is 1. The molecule has 0 spiro atoms. The van der Waals surface area contributed by atoms with Crippen LogP contribution >= 0.6 is 0 Å². The quantitative estimate of drug-likeness (QED) is 0.769. The number of ether oxygens (including phenoxy) is 1. The summed E-state index contributed by atoms with van der Waals surface area (Å²) in [4.78, 5) is 20.8. The van der Waals surface area contributed by atoms with E-state index in [4.69, 9.17) is 9.84 Å². The van der Waals surface area contributed by atoms with Gasteiger partial charge in [0.1, 0.15) is 6.04 Å². The van der Waals surface area contributed by atoms with Crippen LogP contribution in [0.3, 0.4) is 0 Å². The molecule has 2 aromatic rings. The predicted molar refractivity (Wildman–Crippen MR) is 87.9 cm³/mol. The molecule has 0 bridgehead atoms. The molecule has 2 rings (SSSR count). The van der Waals surface area contributed by atoms with Gasteiger partial charge in [-0.3, -0.25) is 4.79 Å². The van der Waals surface area contributed by atoms with Gasteiger partial charge in [-0.2, -0.15) is 0 Å². The fraction of sp³-hybridized carbons (Fsp3) is 0.222. The Kier molecular flexibility index (Phi) is 8.78. The van der Waals surface area contributed by atoms with Crippen LogP contribution in [0.2, 0.25) is 0 Å². The van der Waals surface area contributed by atoms with Gasteiger partial charge in [0.2, 0.25) is 6.41 Å². The van der Waals surface area contributed by atoms with E-state index in [2.05, 4.69) is 5.32 Å². The number of carboxylic acids is 1. The molecule has 0 radical (unpaired) electrons. The van der Waals surface area contributed by atoms with E-state index in [0.29, 0.717) is 19.4 Å². The lowest BCUT2D eigenvalue weighted by molar-refractivity contribution is -0.140. The molecule has 0 aliphatic rings. The lowest BCUT2D eigenvalue weighted by Gasteiger charge is -2.10. The maximum atomic E-state index is 10.7. The molecule has 2 N–H and O–H groups in total. The van der Waals surface area contributed by atoms with Crippen LogP contribution in [0.1, 0.15) is 11.1 Å². The third kappa shape index (κ3) is 7.78. The summed E-state index contributed by atoms with van der Waals surface area (Å²) in [5.74, 6) is -1.03. The first-order valence-corrected chi connectivity index (χ1v) is 7.16. The Labute approximate surface area is 135 Å². The van der Waals surface area contributed by atoms with Crippen LogP contribution in [0.25, 0.3) is 0 Å². The minimum Gasteiger partial charge on any atom is -0.480 e. The zero-order valence-electron chi connectivity index (χ0n) is 13.0. The van der Waals surface area contributed by atoms with E-state index < -0.39 is 12.0 Å². The summed E-state index contributed by atoms with van der Waals surface area (Å²) in [5.41, 5.74) is 2.11. The molecule has 0 fully saturated rings. The molecule has 1 amide bonds. The molecule has 0 heterocycles. The van der Waals surface area contributed by atoms with Gasteiger partial charge in [0, 0.05) is 13.5 Å². The van der Waals surface area contributed by atoms with Crippen molar-refractivity contribution >= 4 is 12.4 Å². The molecular weight excluding hydrogens is 294 g/mol. The van der Waals surface area contributed by atoms with Crippen LogP contribution in [0.4, 0.5) is 0 Å². The Morgan fingerprint density at radius 2 is 1.61 bits per heavy atom. The van der Waals surface area contributed by atoms with E-state index in [9.17, 15) is 9.59 Å². The second-order valence-electron chi connectivity index (χ2n) is 4.78. The van der Waals surface area contributed by atoms with E-state index >= 15 is 0 Å². The van der Waals surface area contributed by atoms with Gasteiger partial charge < -0.3 is 15.2 Å². The molecule has 0 aliphatic carbocycles. The molecule has 0 aliphatic heterocycles. The van der Waals surface area contributed by atoms with Crippen LogP contribution in [-0.4, -0.2) is 30.6 Å². The van der Waals surface area contributed by atoms with Gasteiger partial charge in [0.25, 0.3) is 0 Å². The lowest BCUT2D eigenvalue weighted by atomic mass is 10.1. The number of carbonyl (C=O) groups excluding carboxylic acids is 1. The molecule has 0 saturated carbocycles. The van der Waals surface area contributed by atoms with Gasteiger partial charge in [-0.25, -0.2) is 4.79 Å². The first kappa shape index (κ1) is 18.4. The molecule has 1 atom stereocenters. The number of nitrogens with one attached hydrogen (secondary N) is 1. The highest BCUT2D eigenvalue weighted by atomic mass is 16.5. The Balaban J connectivity index is 0.000000253. The van der Waals surface area contributed by atoms with Crippen molar-refractivity contribution < 1.29 is 19.4 Å². The minimum absolute atomic E-state index is 0.301. The Morgan fingerprint density at radius 3 is 2.04 bits per heavy atom. The maximum absolute atomic E-state index is 10.7. The fourth-order valence-corrected chi connectivity index (χ4v) is 1.89. The van der Waals surface area contributed by atoms with E-state index in [1.165, 1.54) is 5.56 Å². The minimum atomic E-state index is -1.03. The molecule has 5 nitrogen and oxygen atoms in total. The highest BCUT2D eigenvalue weighted by Crippen LogP contribution is 2.02. The average molecular weight is 315 g/mol. The second kappa shape index (κ2) is 11.0. The molecule has 2 aromatic carbocycles. The molecule has 5 heteroatoms. The Bertz CT molecular complexity index is 572. The van der Waals surface area contributed by atoms with Crippen molar-refractivity contribution in [2.75, 3.05) is 7.11 Å². The Morgan fingerprint density at radius 1 is 1.09 bits per heavy atom.